The molecule has 0 aliphatic rings. The van der Waals surface area contributed by atoms with Crippen molar-refractivity contribution in [3.05, 3.63) is 30.1 Å². The summed E-state index contributed by atoms with van der Waals surface area (Å²) < 4.78 is 0. The Balaban J connectivity index is 2.56. The van der Waals surface area contributed by atoms with Gasteiger partial charge in [0, 0.05) is 13.2 Å². The Hall–Kier alpha value is -1.03. The van der Waals surface area contributed by atoms with Crippen molar-refractivity contribution in [2.75, 3.05) is 13.3 Å². The molecule has 3 nitrogen and oxygen atoms in total. The van der Waals surface area contributed by atoms with Crippen LogP contribution in [0.4, 0.5) is 0 Å². The topological polar surface area (TPSA) is 33.2 Å². The van der Waals surface area contributed by atoms with Crippen molar-refractivity contribution in [3.8, 4) is 0 Å². The van der Waals surface area contributed by atoms with Gasteiger partial charge in [-0.1, -0.05) is 6.07 Å². The molecule has 1 aromatic heterocycles. The van der Waals surface area contributed by atoms with E-state index >= 15 is 0 Å². The first-order chi connectivity index (χ1) is 7.15. The molecule has 1 atom stereocenters. The molecule has 0 radical (unpaired) electrons. The highest BCUT2D eigenvalue weighted by molar-refractivity contribution is 7.99. The lowest BCUT2D eigenvalue weighted by Crippen LogP contribution is -2.32. The number of thioether (sulfide) groups is 1. The lowest BCUT2D eigenvalue weighted by atomic mass is 10.3. The average molecular weight is 224 g/mol. The minimum absolute atomic E-state index is 0.0127. The first-order valence-electron chi connectivity index (χ1n) is 4.83. The number of carbonyl (C=O) groups excluding carboxylic acids is 1. The Labute approximate surface area is 94.9 Å². The second-order valence-corrected chi connectivity index (χ2v) is 4.57. The molecule has 1 heterocycles. The molecule has 0 spiro atoms. The van der Waals surface area contributed by atoms with Gasteiger partial charge in [-0.3, -0.25) is 9.78 Å². The average Bonchev–Trinajstić information content (AvgIpc) is 2.28. The fraction of sp³-hybridized carbons (Fsp3) is 0.455. The lowest BCUT2D eigenvalue weighted by Gasteiger charge is -2.19. The van der Waals surface area contributed by atoms with Crippen LogP contribution in [-0.2, 0) is 11.3 Å². The van der Waals surface area contributed by atoms with E-state index in [0.29, 0.717) is 6.54 Å². The van der Waals surface area contributed by atoms with Gasteiger partial charge in [0.05, 0.1) is 17.5 Å². The van der Waals surface area contributed by atoms with Crippen molar-refractivity contribution in [3.63, 3.8) is 0 Å². The summed E-state index contributed by atoms with van der Waals surface area (Å²) in [7, 11) is 1.81. The van der Waals surface area contributed by atoms with Crippen LogP contribution in [0.1, 0.15) is 12.6 Å². The Morgan fingerprint density at radius 3 is 2.87 bits per heavy atom. The van der Waals surface area contributed by atoms with E-state index in [2.05, 4.69) is 4.98 Å². The van der Waals surface area contributed by atoms with Gasteiger partial charge in [0.2, 0.25) is 5.91 Å². The maximum atomic E-state index is 11.8. The van der Waals surface area contributed by atoms with Gasteiger partial charge < -0.3 is 4.90 Å². The molecule has 0 unspecified atom stereocenters. The van der Waals surface area contributed by atoms with E-state index in [1.165, 1.54) is 0 Å². The second kappa shape index (κ2) is 5.75. The molecule has 0 aliphatic heterocycles. The van der Waals surface area contributed by atoms with Gasteiger partial charge in [-0.15, -0.1) is 0 Å². The normalized spacial score (nSPS) is 12.2. The summed E-state index contributed by atoms with van der Waals surface area (Å²) in [6, 6.07) is 5.72. The van der Waals surface area contributed by atoms with Crippen molar-refractivity contribution in [1.82, 2.24) is 9.88 Å². The van der Waals surface area contributed by atoms with Crippen molar-refractivity contribution in [2.24, 2.45) is 0 Å². The largest absolute Gasteiger partial charge is 0.339 e. The maximum Gasteiger partial charge on any atom is 0.235 e. The summed E-state index contributed by atoms with van der Waals surface area (Å²) in [4.78, 5) is 17.7. The van der Waals surface area contributed by atoms with Crippen LogP contribution >= 0.6 is 11.8 Å². The van der Waals surface area contributed by atoms with Crippen LogP contribution in [0.5, 0.6) is 0 Å². The zero-order valence-electron chi connectivity index (χ0n) is 9.30. The van der Waals surface area contributed by atoms with Crippen LogP contribution in [0.25, 0.3) is 0 Å². The van der Waals surface area contributed by atoms with E-state index in [0.717, 1.165) is 5.69 Å². The fourth-order valence-corrected chi connectivity index (χ4v) is 1.61. The van der Waals surface area contributed by atoms with Gasteiger partial charge in [-0.25, -0.2) is 0 Å². The summed E-state index contributed by atoms with van der Waals surface area (Å²) in [6.45, 7) is 2.49. The SMILES string of the molecule is CS[C@H](C)C(=O)N(C)Cc1ccccn1. The Bertz CT molecular complexity index is 316. The van der Waals surface area contributed by atoms with Gasteiger partial charge in [-0.05, 0) is 25.3 Å². The number of hydrogen-bond donors (Lipinski definition) is 0. The first kappa shape index (κ1) is 12.0. The van der Waals surface area contributed by atoms with Gasteiger partial charge >= 0.3 is 0 Å². The minimum atomic E-state index is 0.0127. The number of pyridine rings is 1. The molecule has 0 fully saturated rings. The third-order valence-electron chi connectivity index (χ3n) is 2.20. The van der Waals surface area contributed by atoms with Gasteiger partial charge in [0.25, 0.3) is 0 Å². The molecule has 0 N–H and O–H groups in total. The molecular weight excluding hydrogens is 208 g/mol. The molecule has 0 saturated heterocycles. The monoisotopic (exact) mass is 224 g/mol. The molecule has 1 amide bonds. The number of hydrogen-bond acceptors (Lipinski definition) is 3. The Kier molecular flexibility index (Phi) is 4.62. The second-order valence-electron chi connectivity index (χ2n) is 3.39. The molecule has 82 valence electrons. The Morgan fingerprint density at radius 2 is 2.33 bits per heavy atom. The molecular formula is C11H16N2OS. The van der Waals surface area contributed by atoms with Gasteiger partial charge in [0.15, 0.2) is 0 Å². The minimum Gasteiger partial charge on any atom is -0.339 e. The summed E-state index contributed by atoms with van der Waals surface area (Å²) in [5, 5.41) is 0.0127. The highest BCUT2D eigenvalue weighted by Gasteiger charge is 2.16. The van der Waals surface area contributed by atoms with Crippen molar-refractivity contribution >= 4 is 17.7 Å². The number of carbonyl (C=O) groups is 1. The zero-order chi connectivity index (χ0) is 11.3. The molecule has 1 aromatic rings. The number of rotatable bonds is 4. The highest BCUT2D eigenvalue weighted by Crippen LogP contribution is 2.09. The van der Waals surface area contributed by atoms with Gasteiger partial charge in [-0.2, -0.15) is 11.8 Å². The van der Waals surface area contributed by atoms with E-state index in [1.54, 1.807) is 22.9 Å². The van der Waals surface area contributed by atoms with E-state index < -0.39 is 0 Å². The van der Waals surface area contributed by atoms with Crippen molar-refractivity contribution in [2.45, 2.75) is 18.7 Å². The first-order valence-corrected chi connectivity index (χ1v) is 6.11. The van der Waals surface area contributed by atoms with E-state index in [9.17, 15) is 4.79 Å². The summed E-state index contributed by atoms with van der Waals surface area (Å²) in [6.07, 6.45) is 3.68. The van der Waals surface area contributed by atoms with Crippen LogP contribution in [0.2, 0.25) is 0 Å². The van der Waals surface area contributed by atoms with E-state index in [-0.39, 0.29) is 11.2 Å². The summed E-state index contributed by atoms with van der Waals surface area (Å²) in [5.41, 5.74) is 0.918. The third-order valence-corrected chi connectivity index (χ3v) is 3.11. The number of nitrogens with zero attached hydrogens (tertiary/aromatic N) is 2. The third kappa shape index (κ3) is 3.55. The number of amides is 1. The predicted octanol–water partition coefficient (Wildman–Crippen LogP) is 1.79. The smallest absolute Gasteiger partial charge is 0.235 e. The molecule has 0 saturated carbocycles. The Morgan fingerprint density at radius 1 is 1.60 bits per heavy atom. The molecule has 1 rings (SSSR count). The summed E-state index contributed by atoms with van der Waals surface area (Å²) >= 11 is 1.56. The van der Waals surface area contributed by atoms with Crippen molar-refractivity contribution < 1.29 is 4.79 Å². The van der Waals surface area contributed by atoms with Crippen molar-refractivity contribution in [1.29, 1.82) is 0 Å². The van der Waals surface area contributed by atoms with E-state index in [4.69, 9.17) is 0 Å². The quantitative estimate of drug-likeness (QED) is 0.782. The van der Waals surface area contributed by atoms with Crippen LogP contribution < -0.4 is 0 Å². The predicted molar refractivity (Wildman–Crippen MR) is 63.7 cm³/mol. The zero-order valence-corrected chi connectivity index (χ0v) is 10.1. The fourth-order valence-electron chi connectivity index (χ4n) is 1.22. The summed E-state index contributed by atoms with van der Waals surface area (Å²) in [5.74, 6) is 0.146. The standard InChI is InChI=1S/C11H16N2OS/c1-9(15-3)11(14)13(2)8-10-6-4-5-7-12-10/h4-7,9H,8H2,1-3H3/t9-/m1/s1. The molecule has 0 bridgehead atoms. The van der Waals surface area contributed by atoms with Crippen LogP contribution in [0.15, 0.2) is 24.4 Å². The van der Waals surface area contributed by atoms with Gasteiger partial charge in [0.1, 0.15) is 0 Å². The molecule has 0 aromatic carbocycles. The molecule has 0 aliphatic carbocycles. The van der Waals surface area contributed by atoms with Crippen LogP contribution in [-0.4, -0.2) is 34.3 Å². The van der Waals surface area contributed by atoms with Crippen LogP contribution in [0, 0.1) is 0 Å². The highest BCUT2D eigenvalue weighted by atomic mass is 32.2. The molecule has 4 heteroatoms. The molecule has 15 heavy (non-hydrogen) atoms. The van der Waals surface area contributed by atoms with E-state index in [1.807, 2.05) is 38.4 Å². The number of aromatic nitrogens is 1. The maximum absolute atomic E-state index is 11.8. The van der Waals surface area contributed by atoms with Crippen LogP contribution in [0.3, 0.4) is 0 Å². The lowest BCUT2D eigenvalue weighted by molar-refractivity contribution is -0.129.